The number of guanidine groups is 1. The highest BCUT2D eigenvalue weighted by molar-refractivity contribution is 5.76. The van der Waals surface area contributed by atoms with Crippen LogP contribution in [0.2, 0.25) is 0 Å². The fraction of sp³-hybridized carbons (Fsp3) is 0.513. The molecule has 4 rings (SSSR count). The molecular weight excluding hydrogens is 669 g/mol. The third kappa shape index (κ3) is 13.6. The van der Waals surface area contributed by atoms with Crippen LogP contribution in [0.4, 0.5) is 13.2 Å². The van der Waals surface area contributed by atoms with Crippen LogP contribution in [0, 0.1) is 5.92 Å². The maximum Gasteiger partial charge on any atom is 0.573 e. The van der Waals surface area contributed by atoms with Crippen molar-refractivity contribution in [3.8, 4) is 11.4 Å². The van der Waals surface area contributed by atoms with Gasteiger partial charge in [-0.25, -0.2) is 4.79 Å². The van der Waals surface area contributed by atoms with Gasteiger partial charge in [-0.15, -0.1) is 13.2 Å². The van der Waals surface area contributed by atoms with Crippen LogP contribution in [-0.4, -0.2) is 46.0 Å². The van der Waals surface area contributed by atoms with Crippen molar-refractivity contribution in [2.45, 2.75) is 111 Å². The molecule has 0 amide bonds. The minimum atomic E-state index is -4.67. The molecule has 8 N–H and O–H groups in total. The third-order valence-electron chi connectivity index (χ3n) is 8.59. The van der Waals surface area contributed by atoms with Crippen molar-refractivity contribution in [2.24, 2.45) is 28.1 Å². The molecule has 4 aromatic rings. The maximum atomic E-state index is 12.5. The maximum absolute atomic E-state index is 12.5. The van der Waals surface area contributed by atoms with Gasteiger partial charge in [-0.05, 0) is 90.6 Å². The second kappa shape index (κ2) is 17.9. The van der Waals surface area contributed by atoms with Crippen LogP contribution >= 0.6 is 0 Å². The minimum Gasteiger partial charge on any atom is -0.406 e. The Labute approximate surface area is 305 Å². The number of fused-ring (bicyclic) bond motifs is 1. The van der Waals surface area contributed by atoms with Gasteiger partial charge in [0.1, 0.15) is 11.4 Å². The molecule has 2 aromatic carbocycles. The average molecular weight is 727 g/mol. The topological polar surface area (TPSA) is 162 Å². The summed E-state index contributed by atoms with van der Waals surface area (Å²) >= 11 is 0. The Bertz CT molecular complexity index is 1810. The van der Waals surface area contributed by atoms with Gasteiger partial charge in [0.25, 0.3) is 0 Å². The Morgan fingerprint density at radius 1 is 0.962 bits per heavy atom. The summed E-state index contributed by atoms with van der Waals surface area (Å²) in [6.07, 6.45) is 0.426. The molecule has 2 aromatic heterocycles. The van der Waals surface area contributed by atoms with E-state index in [1.165, 1.54) is 12.1 Å². The van der Waals surface area contributed by atoms with Gasteiger partial charge in [0, 0.05) is 41.8 Å². The first kappa shape index (κ1) is 42.1. The summed E-state index contributed by atoms with van der Waals surface area (Å²) in [4.78, 5) is 23.9. The van der Waals surface area contributed by atoms with Gasteiger partial charge in [-0.3, -0.25) is 9.56 Å². The molecule has 0 unspecified atom stereocenters. The first-order chi connectivity index (χ1) is 24.1. The first-order valence-electron chi connectivity index (χ1n) is 17.8. The summed E-state index contributed by atoms with van der Waals surface area (Å²) < 4.78 is 43.2. The number of aromatic nitrogens is 3. The molecule has 0 radical (unpaired) electrons. The molecular formula is C39H57F3N8O2. The number of rotatable bonds is 13. The van der Waals surface area contributed by atoms with Crippen molar-refractivity contribution in [1.82, 2.24) is 19.9 Å². The van der Waals surface area contributed by atoms with Crippen LogP contribution in [0.15, 0.2) is 64.5 Å². The molecule has 1 atom stereocenters. The number of alkyl halides is 3. The van der Waals surface area contributed by atoms with Gasteiger partial charge in [0.15, 0.2) is 5.96 Å². The van der Waals surface area contributed by atoms with Crippen LogP contribution in [0.3, 0.4) is 0 Å². The lowest BCUT2D eigenvalue weighted by atomic mass is 9.85. The number of nitrogens with one attached hydrogen (secondary N) is 2. The van der Waals surface area contributed by atoms with Crippen molar-refractivity contribution in [3.63, 3.8) is 0 Å². The number of hydrogen-bond acceptors (Lipinski definition) is 6. The van der Waals surface area contributed by atoms with Crippen molar-refractivity contribution in [2.75, 3.05) is 13.1 Å². The van der Waals surface area contributed by atoms with Crippen LogP contribution < -0.4 is 32.9 Å². The van der Waals surface area contributed by atoms with E-state index in [-0.39, 0.29) is 34.3 Å². The normalized spacial score (nSPS) is 12.8. The summed E-state index contributed by atoms with van der Waals surface area (Å²) in [6.45, 7) is 18.6. The zero-order chi connectivity index (χ0) is 38.9. The molecule has 0 aliphatic rings. The Hall–Kier alpha value is -4.36. The number of nitrogens with two attached hydrogens (primary N) is 3. The molecule has 10 nitrogen and oxygen atoms in total. The van der Waals surface area contributed by atoms with Crippen molar-refractivity contribution in [3.05, 3.63) is 87.6 Å². The SMILES string of the molecule is CC(C)(C)c1cc2cn(-c3ccc(CNCCCN=C(N)N)cc3)c(=O)nc2[nH]1.CC(C)[C@H](N)CCCc1cc(OC(F)(F)F)cc(C(C)(C)C)c1. The first-order valence-corrected chi connectivity index (χ1v) is 17.8. The largest absolute Gasteiger partial charge is 0.573 e. The highest BCUT2D eigenvalue weighted by atomic mass is 19.4. The number of hydrogen-bond donors (Lipinski definition) is 5. The quantitative estimate of drug-likeness (QED) is 0.0566. The molecule has 13 heteroatoms. The van der Waals surface area contributed by atoms with Gasteiger partial charge < -0.3 is 32.2 Å². The summed E-state index contributed by atoms with van der Waals surface area (Å²) in [5.74, 6) is 0.380. The van der Waals surface area contributed by atoms with E-state index in [1.807, 2.05) is 57.3 Å². The van der Waals surface area contributed by atoms with Crippen LogP contribution in [0.5, 0.6) is 5.75 Å². The molecule has 0 fully saturated rings. The monoisotopic (exact) mass is 726 g/mol. The van der Waals surface area contributed by atoms with Gasteiger partial charge in [-0.2, -0.15) is 4.98 Å². The zero-order valence-electron chi connectivity index (χ0n) is 31.8. The average Bonchev–Trinajstić information content (AvgIpc) is 3.45. The molecule has 0 aliphatic heterocycles. The fourth-order valence-corrected chi connectivity index (χ4v) is 5.31. The number of benzene rings is 2. The number of aliphatic imine (C=N–C) groups is 1. The van der Waals surface area contributed by atoms with Crippen molar-refractivity contribution < 1.29 is 17.9 Å². The summed E-state index contributed by atoms with van der Waals surface area (Å²) in [5.41, 5.74) is 21.3. The summed E-state index contributed by atoms with van der Waals surface area (Å²) in [5, 5.41) is 4.27. The fourth-order valence-electron chi connectivity index (χ4n) is 5.31. The number of ether oxygens (including phenoxy) is 1. The standard InChI is InChI=1S/C21H29N7O.C18H28F3NO/c1-21(2,3)17-11-15-13-28(20(29)27-18(15)26-17)16-7-5-14(6-8-16)12-24-9-4-10-25-19(22)23;1-12(2)16(22)8-6-7-13-9-14(17(3,4)5)11-15(10-13)23-18(19,20)21/h5-8,11,13,24H,4,9-10,12H2,1-3H3,(H4,22,23,25)(H,26,27,29);9-12,16H,6-8,22H2,1-5H3/t;16-/m.1/s1. The van der Waals surface area contributed by atoms with E-state index in [4.69, 9.17) is 17.2 Å². The van der Waals surface area contributed by atoms with Gasteiger partial charge in [-0.1, -0.05) is 73.6 Å². The predicted octanol–water partition coefficient (Wildman–Crippen LogP) is 6.95. The molecule has 0 spiro atoms. The van der Waals surface area contributed by atoms with Crippen molar-refractivity contribution in [1.29, 1.82) is 0 Å². The van der Waals surface area contributed by atoms with Crippen LogP contribution in [0.25, 0.3) is 16.7 Å². The smallest absolute Gasteiger partial charge is 0.406 e. The van der Waals surface area contributed by atoms with E-state index in [1.54, 1.807) is 4.57 Å². The molecule has 0 saturated heterocycles. The Morgan fingerprint density at radius 2 is 1.63 bits per heavy atom. The number of halogens is 3. The predicted molar refractivity (Wildman–Crippen MR) is 205 cm³/mol. The molecule has 286 valence electrons. The van der Waals surface area contributed by atoms with Crippen LogP contribution in [0.1, 0.15) is 97.0 Å². The second-order valence-electron chi connectivity index (χ2n) is 15.6. The van der Waals surface area contributed by atoms with E-state index in [2.05, 4.69) is 65.7 Å². The lowest BCUT2D eigenvalue weighted by molar-refractivity contribution is -0.274. The molecule has 0 saturated carbocycles. The highest BCUT2D eigenvalue weighted by Crippen LogP contribution is 2.31. The second-order valence-corrected chi connectivity index (χ2v) is 15.6. The zero-order valence-corrected chi connectivity index (χ0v) is 31.8. The number of H-pyrrole nitrogens is 1. The lowest BCUT2D eigenvalue weighted by Gasteiger charge is -2.22. The molecule has 52 heavy (non-hydrogen) atoms. The van der Waals surface area contributed by atoms with E-state index in [9.17, 15) is 18.0 Å². The summed E-state index contributed by atoms with van der Waals surface area (Å²) in [6, 6.07) is 15.0. The molecule has 0 aliphatic carbocycles. The van der Waals surface area contributed by atoms with E-state index >= 15 is 0 Å². The highest BCUT2D eigenvalue weighted by Gasteiger charge is 2.32. The number of aryl methyl sites for hydroxylation is 1. The Balaban J connectivity index is 0.000000289. The number of nitrogens with zero attached hydrogens (tertiary/aromatic N) is 3. The lowest BCUT2D eigenvalue weighted by Crippen LogP contribution is -2.26. The van der Waals surface area contributed by atoms with E-state index in [0.717, 1.165) is 65.8 Å². The van der Waals surface area contributed by atoms with E-state index < -0.39 is 6.36 Å². The van der Waals surface area contributed by atoms with Gasteiger partial charge in [0.2, 0.25) is 0 Å². The summed E-state index contributed by atoms with van der Waals surface area (Å²) in [7, 11) is 0. The molecule has 0 bridgehead atoms. The van der Waals surface area contributed by atoms with Crippen LogP contribution in [-0.2, 0) is 23.8 Å². The molecule has 2 heterocycles. The van der Waals surface area contributed by atoms with Crippen molar-refractivity contribution >= 4 is 17.0 Å². The third-order valence-corrected chi connectivity index (χ3v) is 8.59. The number of aromatic amines is 1. The Kier molecular flexibility index (Phi) is 14.5. The van der Waals surface area contributed by atoms with E-state index in [0.29, 0.717) is 24.5 Å². The minimum absolute atomic E-state index is 0.0352. The van der Waals surface area contributed by atoms with Gasteiger partial charge in [0.05, 0.1) is 5.69 Å². The van der Waals surface area contributed by atoms with Gasteiger partial charge >= 0.3 is 12.1 Å². The Morgan fingerprint density at radius 3 is 2.21 bits per heavy atom.